The fraction of sp³-hybridized carbons (Fsp3) is 0.667. The van der Waals surface area contributed by atoms with Crippen molar-refractivity contribution in [3.63, 3.8) is 0 Å². The smallest absolute Gasteiger partial charge is 0.137 e. The van der Waals surface area contributed by atoms with Gasteiger partial charge in [0.15, 0.2) is 0 Å². The first kappa shape index (κ1) is 14.2. The van der Waals surface area contributed by atoms with Crippen LogP contribution in [-0.2, 0) is 6.42 Å². The van der Waals surface area contributed by atoms with E-state index in [1.807, 2.05) is 27.7 Å². The molecule has 17 heavy (non-hydrogen) atoms. The molecule has 0 fully saturated rings. The van der Waals surface area contributed by atoms with E-state index >= 15 is 0 Å². The van der Waals surface area contributed by atoms with Crippen molar-refractivity contribution in [1.29, 1.82) is 0 Å². The van der Waals surface area contributed by atoms with E-state index in [1.54, 1.807) is 0 Å². The minimum Gasteiger partial charge on any atom is -0.396 e. The molecular formula is C12H20ClN3O. The van der Waals surface area contributed by atoms with Gasteiger partial charge in [0.2, 0.25) is 0 Å². The maximum atomic E-state index is 9.01. The summed E-state index contributed by atoms with van der Waals surface area (Å²) in [6.45, 7) is 8.05. The summed E-state index contributed by atoms with van der Waals surface area (Å²) in [7, 11) is 0. The Morgan fingerprint density at radius 3 is 2.53 bits per heavy atom. The number of aliphatic hydroxyl groups is 1. The van der Waals surface area contributed by atoms with Gasteiger partial charge in [-0.15, -0.1) is 0 Å². The van der Waals surface area contributed by atoms with Gasteiger partial charge in [-0.05, 0) is 27.2 Å². The van der Waals surface area contributed by atoms with Crippen LogP contribution in [-0.4, -0.2) is 27.2 Å². The molecule has 0 radical (unpaired) electrons. The molecule has 0 spiro atoms. The monoisotopic (exact) mass is 257 g/mol. The molecule has 1 rings (SSSR count). The molecule has 0 amide bonds. The van der Waals surface area contributed by atoms with Gasteiger partial charge in [-0.25, -0.2) is 9.97 Å². The predicted molar refractivity (Wildman–Crippen MR) is 70.6 cm³/mol. The van der Waals surface area contributed by atoms with Gasteiger partial charge >= 0.3 is 0 Å². The van der Waals surface area contributed by atoms with Crippen LogP contribution in [0.3, 0.4) is 0 Å². The average molecular weight is 258 g/mol. The Hall–Kier alpha value is -0.870. The minimum absolute atomic E-state index is 0.137. The van der Waals surface area contributed by atoms with Gasteiger partial charge < -0.3 is 10.4 Å². The Kier molecular flexibility index (Phi) is 4.71. The first-order valence-electron chi connectivity index (χ1n) is 5.81. The van der Waals surface area contributed by atoms with Crippen LogP contribution in [0.1, 0.15) is 38.6 Å². The molecule has 0 bridgehead atoms. The van der Waals surface area contributed by atoms with Gasteiger partial charge in [-0.3, -0.25) is 0 Å². The molecule has 0 unspecified atom stereocenters. The zero-order chi connectivity index (χ0) is 13.1. The summed E-state index contributed by atoms with van der Waals surface area (Å²) in [5.74, 6) is 1.48. The van der Waals surface area contributed by atoms with Crippen LogP contribution < -0.4 is 5.32 Å². The molecule has 0 saturated heterocycles. The van der Waals surface area contributed by atoms with E-state index in [-0.39, 0.29) is 12.1 Å². The van der Waals surface area contributed by atoms with Gasteiger partial charge in [-0.2, -0.15) is 0 Å². The Labute approximate surface area is 107 Å². The standard InChI is InChI=1S/C12H20ClN3O/c1-5-9-14-10(13)8(2)11(15-9)16-12(3,4)6-7-17/h17H,5-7H2,1-4H3,(H,14,15,16). The topological polar surface area (TPSA) is 58.0 Å². The number of nitrogens with one attached hydrogen (secondary N) is 1. The number of aryl methyl sites for hydroxylation is 1. The Morgan fingerprint density at radius 2 is 2.00 bits per heavy atom. The quantitative estimate of drug-likeness (QED) is 0.796. The molecule has 0 aliphatic heterocycles. The first-order chi connectivity index (χ1) is 7.89. The van der Waals surface area contributed by atoms with Gasteiger partial charge in [0.1, 0.15) is 16.8 Å². The molecule has 96 valence electrons. The van der Waals surface area contributed by atoms with E-state index in [1.165, 1.54) is 0 Å². The predicted octanol–water partition coefficient (Wildman–Crippen LogP) is 2.57. The second-order valence-corrected chi connectivity index (χ2v) is 5.10. The molecule has 4 nitrogen and oxygen atoms in total. The van der Waals surface area contributed by atoms with E-state index in [4.69, 9.17) is 16.7 Å². The fourth-order valence-electron chi connectivity index (χ4n) is 1.48. The van der Waals surface area contributed by atoms with Crippen molar-refractivity contribution in [2.24, 2.45) is 0 Å². The van der Waals surface area contributed by atoms with Gasteiger partial charge in [0, 0.05) is 24.1 Å². The summed E-state index contributed by atoms with van der Waals surface area (Å²) in [5, 5.41) is 12.8. The van der Waals surface area contributed by atoms with E-state index in [9.17, 15) is 0 Å². The van der Waals surface area contributed by atoms with Gasteiger partial charge in [-0.1, -0.05) is 18.5 Å². The second-order valence-electron chi connectivity index (χ2n) is 4.74. The van der Waals surface area contributed by atoms with Crippen molar-refractivity contribution in [3.8, 4) is 0 Å². The number of rotatable bonds is 5. The number of aromatic nitrogens is 2. The van der Waals surface area contributed by atoms with Crippen molar-refractivity contribution in [3.05, 3.63) is 16.5 Å². The van der Waals surface area contributed by atoms with Crippen LogP contribution in [0.4, 0.5) is 5.82 Å². The van der Waals surface area contributed by atoms with Crippen molar-refractivity contribution >= 4 is 17.4 Å². The Balaban J connectivity index is 3.01. The minimum atomic E-state index is -0.220. The number of anilines is 1. The zero-order valence-electron chi connectivity index (χ0n) is 10.8. The summed E-state index contributed by atoms with van der Waals surface area (Å²) < 4.78 is 0. The number of halogens is 1. The van der Waals surface area contributed by atoms with E-state index in [0.29, 0.717) is 11.6 Å². The normalized spacial score (nSPS) is 11.6. The lowest BCUT2D eigenvalue weighted by Gasteiger charge is -2.27. The third-order valence-electron chi connectivity index (χ3n) is 2.64. The summed E-state index contributed by atoms with van der Waals surface area (Å²) in [6, 6.07) is 0. The summed E-state index contributed by atoms with van der Waals surface area (Å²) >= 11 is 6.06. The third kappa shape index (κ3) is 3.82. The third-order valence-corrected chi connectivity index (χ3v) is 3.01. The lowest BCUT2D eigenvalue weighted by molar-refractivity contribution is 0.260. The first-order valence-corrected chi connectivity index (χ1v) is 6.19. The van der Waals surface area contributed by atoms with Crippen molar-refractivity contribution < 1.29 is 5.11 Å². The number of nitrogens with zero attached hydrogens (tertiary/aromatic N) is 2. The molecule has 0 aliphatic rings. The van der Waals surface area contributed by atoms with Crippen LogP contribution in [0.2, 0.25) is 5.15 Å². The van der Waals surface area contributed by atoms with Crippen molar-refractivity contribution in [1.82, 2.24) is 9.97 Å². The molecule has 0 aromatic carbocycles. The average Bonchev–Trinajstić information content (AvgIpc) is 2.23. The highest BCUT2D eigenvalue weighted by Crippen LogP contribution is 2.24. The van der Waals surface area contributed by atoms with Gasteiger partial charge in [0.05, 0.1) is 0 Å². The highest BCUT2D eigenvalue weighted by Gasteiger charge is 2.19. The van der Waals surface area contributed by atoms with Crippen molar-refractivity contribution in [2.45, 2.75) is 46.1 Å². The van der Waals surface area contributed by atoms with Crippen LogP contribution in [0.5, 0.6) is 0 Å². The van der Waals surface area contributed by atoms with E-state index in [2.05, 4.69) is 15.3 Å². The van der Waals surface area contributed by atoms with Crippen LogP contribution in [0.25, 0.3) is 0 Å². The number of aliphatic hydroxyl groups excluding tert-OH is 1. The lowest BCUT2D eigenvalue weighted by Crippen LogP contribution is -2.33. The van der Waals surface area contributed by atoms with Crippen LogP contribution in [0, 0.1) is 6.92 Å². The maximum absolute atomic E-state index is 9.01. The number of hydrogen-bond donors (Lipinski definition) is 2. The van der Waals surface area contributed by atoms with Crippen LogP contribution in [0.15, 0.2) is 0 Å². The molecule has 1 heterocycles. The van der Waals surface area contributed by atoms with Gasteiger partial charge in [0.25, 0.3) is 0 Å². The summed E-state index contributed by atoms with van der Waals surface area (Å²) in [5.41, 5.74) is 0.622. The highest BCUT2D eigenvalue weighted by atomic mass is 35.5. The zero-order valence-corrected chi connectivity index (χ0v) is 11.6. The largest absolute Gasteiger partial charge is 0.396 e. The molecule has 0 saturated carbocycles. The molecular weight excluding hydrogens is 238 g/mol. The molecule has 0 aliphatic carbocycles. The van der Waals surface area contributed by atoms with E-state index in [0.717, 1.165) is 23.6 Å². The molecule has 5 heteroatoms. The lowest BCUT2D eigenvalue weighted by atomic mass is 10.0. The Bertz CT molecular complexity index is 394. The fourth-order valence-corrected chi connectivity index (χ4v) is 1.66. The Morgan fingerprint density at radius 1 is 1.35 bits per heavy atom. The highest BCUT2D eigenvalue weighted by molar-refractivity contribution is 6.30. The summed E-state index contributed by atoms with van der Waals surface area (Å²) in [6.07, 6.45) is 1.39. The molecule has 1 aromatic heterocycles. The SMILES string of the molecule is CCc1nc(Cl)c(C)c(NC(C)(C)CCO)n1. The number of hydrogen-bond acceptors (Lipinski definition) is 4. The molecule has 0 atom stereocenters. The van der Waals surface area contributed by atoms with Crippen molar-refractivity contribution in [2.75, 3.05) is 11.9 Å². The molecule has 2 N–H and O–H groups in total. The second kappa shape index (κ2) is 5.65. The molecule has 1 aromatic rings. The van der Waals surface area contributed by atoms with E-state index < -0.39 is 0 Å². The van der Waals surface area contributed by atoms with Crippen LogP contribution >= 0.6 is 11.6 Å². The maximum Gasteiger partial charge on any atom is 0.137 e. The summed E-state index contributed by atoms with van der Waals surface area (Å²) in [4.78, 5) is 8.62.